The number of thiol groups is 1. The van der Waals surface area contributed by atoms with Crippen LogP contribution in [0.3, 0.4) is 0 Å². The molecule has 0 spiro atoms. The Labute approximate surface area is 75.0 Å². The quantitative estimate of drug-likeness (QED) is 0.590. The number of rotatable bonds is 1. The van der Waals surface area contributed by atoms with E-state index in [0.717, 1.165) is 0 Å². The van der Waals surface area contributed by atoms with Crippen molar-refractivity contribution < 1.29 is 8.42 Å². The second-order valence-electron chi connectivity index (χ2n) is 2.38. The molecule has 2 heterocycles. The van der Waals surface area contributed by atoms with Gasteiger partial charge in [0.15, 0.2) is 27.1 Å². The van der Waals surface area contributed by atoms with E-state index >= 15 is 0 Å². The fraction of sp³-hybridized carbons (Fsp3) is 0. The van der Waals surface area contributed by atoms with Gasteiger partial charge in [0.2, 0.25) is 0 Å². The molecule has 0 aromatic carbocycles. The van der Waals surface area contributed by atoms with Crippen molar-refractivity contribution in [2.75, 3.05) is 5.73 Å². The molecule has 0 saturated carbocycles. The Balaban J connectivity index is 2.94. The zero-order chi connectivity index (χ0) is 9.42. The van der Waals surface area contributed by atoms with Gasteiger partial charge in [-0.25, -0.2) is 17.9 Å². The van der Waals surface area contributed by atoms with Crippen LogP contribution in [0.5, 0.6) is 0 Å². The van der Waals surface area contributed by atoms with Crippen molar-refractivity contribution in [1.82, 2.24) is 14.6 Å². The lowest BCUT2D eigenvalue weighted by Gasteiger charge is -1.88. The molecule has 0 aliphatic heterocycles. The molecule has 6 nitrogen and oxygen atoms in total. The highest BCUT2D eigenvalue weighted by molar-refractivity contribution is 7.73. The van der Waals surface area contributed by atoms with Crippen molar-refractivity contribution >= 4 is 22.2 Å². The van der Waals surface area contributed by atoms with E-state index in [1.807, 2.05) is 0 Å². The number of nitrogen functional groups attached to an aromatic ring is 1. The lowest BCUT2D eigenvalue weighted by Crippen LogP contribution is -1.89. The molecule has 0 unspecified atom stereocenters. The average molecular weight is 198 g/mol. The van der Waals surface area contributed by atoms with Gasteiger partial charge in [-0.2, -0.15) is 0 Å². The minimum absolute atomic E-state index is 0.0180. The molecule has 0 radical (unpaired) electrons. The monoisotopic (exact) mass is 198 g/mol. The molecule has 0 amide bonds. The number of hydrogen-bond acceptors (Lipinski definition) is 5. The first kappa shape index (κ1) is 7.99. The smallest absolute Gasteiger partial charge is 0.175 e. The van der Waals surface area contributed by atoms with Crippen molar-refractivity contribution in [3.8, 4) is 0 Å². The second kappa shape index (κ2) is 2.70. The van der Waals surface area contributed by atoms with Crippen molar-refractivity contribution in [1.29, 1.82) is 0 Å². The van der Waals surface area contributed by atoms with E-state index in [9.17, 15) is 8.42 Å². The summed E-state index contributed by atoms with van der Waals surface area (Å²) < 4.78 is 22.9. The number of anilines is 1. The molecule has 0 atom stereocenters. The third-order valence-corrected chi connectivity index (χ3v) is 2.37. The Bertz CT molecular complexity index is 522. The minimum atomic E-state index is -2.75. The van der Waals surface area contributed by atoms with Crippen LogP contribution in [0.25, 0.3) is 5.65 Å². The summed E-state index contributed by atoms with van der Waals surface area (Å²) in [4.78, 5) is 3.84. The molecule has 2 N–H and O–H groups in total. The summed E-state index contributed by atoms with van der Waals surface area (Å²) in [6.45, 7) is 0. The maximum atomic E-state index is 10.8. The van der Waals surface area contributed by atoms with Gasteiger partial charge in [-0.15, -0.1) is 5.10 Å². The zero-order valence-electron chi connectivity index (χ0n) is 6.41. The molecule has 0 saturated heterocycles. The van der Waals surface area contributed by atoms with Gasteiger partial charge in [0.1, 0.15) is 0 Å². The molecule has 0 fully saturated rings. The number of fused-ring (bicyclic) bond motifs is 1. The van der Waals surface area contributed by atoms with E-state index in [1.165, 1.54) is 10.7 Å². The summed E-state index contributed by atoms with van der Waals surface area (Å²) in [6, 6.07) is 1.64. The van der Waals surface area contributed by atoms with Crippen LogP contribution in [0.2, 0.25) is 0 Å². The van der Waals surface area contributed by atoms with Gasteiger partial charge in [0.05, 0.1) is 0 Å². The summed E-state index contributed by atoms with van der Waals surface area (Å²) in [6.07, 6.45) is 3.07. The lowest BCUT2D eigenvalue weighted by molar-refractivity contribution is 0.615. The highest BCUT2D eigenvalue weighted by atomic mass is 32.2. The van der Waals surface area contributed by atoms with Crippen LogP contribution in [-0.2, 0) is 10.7 Å². The largest absolute Gasteiger partial charge is 0.381 e. The zero-order valence-corrected chi connectivity index (χ0v) is 7.31. The SMILES string of the molecule is Nc1nn2cccnc2c1[SH](=O)=O. The van der Waals surface area contributed by atoms with Gasteiger partial charge in [-0.05, 0) is 6.07 Å². The van der Waals surface area contributed by atoms with E-state index in [4.69, 9.17) is 5.73 Å². The summed E-state index contributed by atoms with van der Waals surface area (Å²) in [5, 5.41) is 3.78. The number of aromatic nitrogens is 3. The van der Waals surface area contributed by atoms with E-state index in [2.05, 4.69) is 10.1 Å². The molecule has 2 rings (SSSR count). The lowest BCUT2D eigenvalue weighted by atomic mass is 10.6. The molecule has 0 bridgehead atoms. The number of nitrogens with two attached hydrogens (primary N) is 1. The molecule has 68 valence electrons. The number of hydrogen-bond donors (Lipinski definition) is 2. The number of nitrogens with zero attached hydrogens (tertiary/aromatic N) is 3. The molecule has 7 heteroatoms. The molecule has 2 aromatic heterocycles. The summed E-state index contributed by atoms with van der Waals surface area (Å²) in [5.41, 5.74) is 5.66. The Kier molecular flexibility index (Phi) is 1.66. The highest BCUT2D eigenvalue weighted by Gasteiger charge is 2.12. The highest BCUT2D eigenvalue weighted by Crippen LogP contribution is 2.15. The third kappa shape index (κ3) is 1.13. The maximum absolute atomic E-state index is 10.8. The first-order valence-corrected chi connectivity index (χ1v) is 4.61. The third-order valence-electron chi connectivity index (χ3n) is 1.58. The van der Waals surface area contributed by atoms with Crippen molar-refractivity contribution in [3.63, 3.8) is 0 Å². The van der Waals surface area contributed by atoms with Crippen LogP contribution in [0, 0.1) is 0 Å². The predicted molar refractivity (Wildman–Crippen MR) is 46.0 cm³/mol. The summed E-state index contributed by atoms with van der Waals surface area (Å²) in [7, 11) is -2.75. The Hall–Kier alpha value is -1.63. The van der Waals surface area contributed by atoms with Crippen molar-refractivity contribution in [2.24, 2.45) is 0 Å². The molecular weight excluding hydrogens is 192 g/mol. The standard InChI is InChI=1S/C6H6N4O2S/c7-5-4(13(11)12)6-8-2-1-3-10(6)9-5/h1-3,13H,(H2,7,9). The second-order valence-corrected chi connectivity index (χ2v) is 3.34. The summed E-state index contributed by atoms with van der Waals surface area (Å²) >= 11 is 0. The van der Waals surface area contributed by atoms with Crippen LogP contribution in [-0.4, -0.2) is 23.0 Å². The van der Waals surface area contributed by atoms with Crippen molar-refractivity contribution in [3.05, 3.63) is 18.5 Å². The normalized spacial score (nSPS) is 11.2. The van der Waals surface area contributed by atoms with Crippen LogP contribution in [0.4, 0.5) is 5.82 Å². The fourth-order valence-corrected chi connectivity index (χ4v) is 1.62. The molecule has 13 heavy (non-hydrogen) atoms. The van der Waals surface area contributed by atoms with Crippen LogP contribution in [0.1, 0.15) is 0 Å². The van der Waals surface area contributed by atoms with Crippen LogP contribution < -0.4 is 5.73 Å². The Morgan fingerprint density at radius 3 is 2.92 bits per heavy atom. The molecular formula is C6H6N4O2S. The first-order valence-electron chi connectivity index (χ1n) is 3.43. The summed E-state index contributed by atoms with van der Waals surface area (Å²) in [5.74, 6) is -0.0187. The van der Waals surface area contributed by atoms with Crippen LogP contribution in [0.15, 0.2) is 23.4 Å². The van der Waals surface area contributed by atoms with Gasteiger partial charge in [-0.1, -0.05) is 0 Å². The van der Waals surface area contributed by atoms with E-state index in [1.54, 1.807) is 12.3 Å². The van der Waals surface area contributed by atoms with Gasteiger partial charge >= 0.3 is 0 Å². The molecule has 0 aliphatic rings. The van der Waals surface area contributed by atoms with Gasteiger partial charge in [0, 0.05) is 12.4 Å². The maximum Gasteiger partial charge on any atom is 0.175 e. The van der Waals surface area contributed by atoms with Crippen molar-refractivity contribution in [2.45, 2.75) is 4.90 Å². The van der Waals surface area contributed by atoms with Crippen LogP contribution >= 0.6 is 0 Å². The van der Waals surface area contributed by atoms with Gasteiger partial charge in [-0.3, -0.25) is 0 Å². The Morgan fingerprint density at radius 2 is 2.23 bits per heavy atom. The average Bonchev–Trinajstić information content (AvgIpc) is 2.39. The predicted octanol–water partition coefficient (Wildman–Crippen LogP) is -0.718. The van der Waals surface area contributed by atoms with Gasteiger partial charge < -0.3 is 5.73 Å². The molecule has 2 aromatic rings. The first-order chi connectivity index (χ1) is 6.20. The topological polar surface area (TPSA) is 90.3 Å². The van der Waals surface area contributed by atoms with E-state index in [-0.39, 0.29) is 16.4 Å². The minimum Gasteiger partial charge on any atom is -0.381 e. The van der Waals surface area contributed by atoms with E-state index in [0.29, 0.717) is 0 Å². The molecule has 0 aliphatic carbocycles. The van der Waals surface area contributed by atoms with E-state index < -0.39 is 10.7 Å². The van der Waals surface area contributed by atoms with Gasteiger partial charge in [0.25, 0.3) is 0 Å². The Morgan fingerprint density at radius 1 is 1.46 bits per heavy atom. The fourth-order valence-electron chi connectivity index (χ4n) is 1.07.